The zero-order chi connectivity index (χ0) is 25.2. The first-order valence-corrected chi connectivity index (χ1v) is 12.3. The van der Waals surface area contributed by atoms with Crippen molar-refractivity contribution in [2.24, 2.45) is 4.99 Å². The van der Waals surface area contributed by atoms with Crippen LogP contribution in [0.1, 0.15) is 23.9 Å². The molecule has 0 fully saturated rings. The van der Waals surface area contributed by atoms with Gasteiger partial charge < -0.3 is 18.7 Å². The Morgan fingerprint density at radius 1 is 1.23 bits per heavy atom. The molecule has 3 rings (SSSR count). The van der Waals surface area contributed by atoms with Crippen LogP contribution in [0.15, 0.2) is 64.6 Å². The van der Waals surface area contributed by atoms with Gasteiger partial charge in [-0.15, -0.1) is 0 Å². The zero-order valence-electron chi connectivity index (χ0n) is 20.7. The predicted octanol–water partition coefficient (Wildman–Crippen LogP) is 3.71. The van der Waals surface area contributed by atoms with Crippen molar-refractivity contribution in [2.75, 3.05) is 27.1 Å². The molecule has 0 saturated heterocycles. The minimum atomic E-state index is -0.204. The smallest absolute Gasteiger partial charge is 0.261 e. The van der Waals surface area contributed by atoms with Crippen LogP contribution >= 0.6 is 11.8 Å². The lowest BCUT2D eigenvalue weighted by atomic mass is 10.1. The number of aliphatic imine (C=N–C) groups is 1. The van der Waals surface area contributed by atoms with Gasteiger partial charge in [0, 0.05) is 39.2 Å². The fourth-order valence-electron chi connectivity index (χ4n) is 3.23. The molecule has 1 unspecified atom stereocenters. The van der Waals surface area contributed by atoms with Crippen molar-refractivity contribution in [3.05, 3.63) is 72.1 Å². The van der Waals surface area contributed by atoms with Crippen molar-refractivity contribution in [3.8, 4) is 17.1 Å². The number of hydrogen-bond donors (Lipinski definition) is 1. The Morgan fingerprint density at radius 2 is 2.00 bits per heavy atom. The van der Waals surface area contributed by atoms with Gasteiger partial charge in [-0.05, 0) is 54.3 Å². The van der Waals surface area contributed by atoms with Crippen LogP contribution < -0.4 is 9.73 Å². The van der Waals surface area contributed by atoms with Gasteiger partial charge in [0.1, 0.15) is 18.1 Å². The third kappa shape index (κ3) is 7.35. The molecule has 2 aromatic carbocycles. The molecule has 1 heterocycles. The van der Waals surface area contributed by atoms with Gasteiger partial charge >= 0.3 is 0 Å². The molecule has 0 radical (unpaired) electrons. The molecule has 0 aliphatic carbocycles. The number of rotatable bonds is 11. The van der Waals surface area contributed by atoms with Crippen molar-refractivity contribution in [2.45, 2.75) is 26.7 Å². The van der Waals surface area contributed by atoms with E-state index in [1.165, 1.54) is 0 Å². The summed E-state index contributed by atoms with van der Waals surface area (Å²) in [7, 11) is 3.32. The Kier molecular flexibility index (Phi) is 9.77. The first kappa shape index (κ1) is 26.3. The maximum absolute atomic E-state index is 5.85. The molecule has 0 amide bonds. The summed E-state index contributed by atoms with van der Waals surface area (Å²) in [6.45, 7) is 8.29. The second-order valence-electron chi connectivity index (χ2n) is 7.60. The predicted molar refractivity (Wildman–Crippen MR) is 139 cm³/mol. The van der Waals surface area contributed by atoms with E-state index in [0.29, 0.717) is 30.7 Å². The van der Waals surface area contributed by atoms with E-state index in [0.717, 1.165) is 33.1 Å². The SMILES string of the molecule is C=CCOc1cc(COC)cc(C(=Nc2ccc(-c3noc(C)n3)cc2)/C(=[NH+]/C(C)OC)SC)c1. The summed E-state index contributed by atoms with van der Waals surface area (Å²) in [6.07, 6.45) is 3.51. The topological polar surface area (TPSA) is 92.9 Å². The summed E-state index contributed by atoms with van der Waals surface area (Å²) in [5, 5.41) is 4.85. The van der Waals surface area contributed by atoms with E-state index in [1.54, 1.807) is 39.0 Å². The van der Waals surface area contributed by atoms with E-state index in [9.17, 15) is 0 Å². The van der Waals surface area contributed by atoms with Crippen molar-refractivity contribution in [3.63, 3.8) is 0 Å². The van der Waals surface area contributed by atoms with E-state index >= 15 is 0 Å². The summed E-state index contributed by atoms with van der Waals surface area (Å²) in [6, 6.07) is 13.7. The van der Waals surface area contributed by atoms with Gasteiger partial charge in [-0.25, -0.2) is 9.98 Å². The first-order valence-electron chi connectivity index (χ1n) is 11.0. The average molecular weight is 496 g/mol. The van der Waals surface area contributed by atoms with Crippen LogP contribution in [0.2, 0.25) is 0 Å². The number of hydrogen-bond acceptors (Lipinski definition) is 8. The number of aromatic nitrogens is 2. The van der Waals surface area contributed by atoms with Crippen molar-refractivity contribution in [1.29, 1.82) is 0 Å². The molecule has 0 spiro atoms. The van der Waals surface area contributed by atoms with Crippen LogP contribution in [-0.4, -0.2) is 54.2 Å². The number of nitrogens with zero attached hydrogens (tertiary/aromatic N) is 3. The van der Waals surface area contributed by atoms with Crippen LogP contribution in [0.25, 0.3) is 11.4 Å². The molecular weight excluding hydrogens is 464 g/mol. The van der Waals surface area contributed by atoms with Crippen LogP contribution in [0, 0.1) is 6.92 Å². The molecule has 35 heavy (non-hydrogen) atoms. The molecule has 184 valence electrons. The fraction of sp³-hybridized carbons (Fsp3) is 0.308. The van der Waals surface area contributed by atoms with Crippen LogP contribution in [0.5, 0.6) is 5.75 Å². The third-order valence-electron chi connectivity index (χ3n) is 4.92. The molecule has 0 aliphatic heterocycles. The fourth-order valence-corrected chi connectivity index (χ4v) is 3.87. The normalized spacial score (nSPS) is 13.1. The minimum absolute atomic E-state index is 0.204. The molecule has 1 aromatic heterocycles. The minimum Gasteiger partial charge on any atom is -0.490 e. The average Bonchev–Trinajstić information content (AvgIpc) is 3.31. The maximum Gasteiger partial charge on any atom is 0.261 e. The zero-order valence-corrected chi connectivity index (χ0v) is 21.5. The number of nitrogens with one attached hydrogen (secondary N) is 1. The Morgan fingerprint density at radius 3 is 2.60 bits per heavy atom. The van der Waals surface area contributed by atoms with Gasteiger partial charge in [-0.3, -0.25) is 0 Å². The van der Waals surface area contributed by atoms with Gasteiger partial charge in [-0.2, -0.15) is 4.98 Å². The standard InChI is InChI=1S/C26H30N4O4S/c1-7-12-33-23-14-19(16-31-4)13-21(15-23)24(26(35-6)28-17(2)32-5)29-22-10-8-20(9-11-22)25-27-18(3)34-30-25/h7-11,13-15,17H,1,12,16H2,2-6H3/p+1/b28-26-,29-24?. The second kappa shape index (κ2) is 13.0. The van der Waals surface area contributed by atoms with E-state index in [4.69, 9.17) is 23.7 Å². The molecule has 9 heteroatoms. The first-order chi connectivity index (χ1) is 17.0. The lowest BCUT2D eigenvalue weighted by molar-refractivity contribution is -0.549. The van der Waals surface area contributed by atoms with Gasteiger partial charge in [0.05, 0.1) is 12.3 Å². The molecule has 8 nitrogen and oxygen atoms in total. The van der Waals surface area contributed by atoms with Crippen molar-refractivity contribution < 1.29 is 23.7 Å². The summed E-state index contributed by atoms with van der Waals surface area (Å²) in [5.41, 5.74) is 4.24. The van der Waals surface area contributed by atoms with E-state index in [1.807, 2.05) is 49.6 Å². The quantitative estimate of drug-likeness (QED) is 0.188. The number of ether oxygens (including phenoxy) is 3. The Labute approximate surface area is 210 Å². The molecule has 1 atom stereocenters. The maximum atomic E-state index is 5.85. The van der Waals surface area contributed by atoms with E-state index in [2.05, 4.69) is 27.8 Å². The highest BCUT2D eigenvalue weighted by Gasteiger charge is 2.21. The third-order valence-corrected chi connectivity index (χ3v) is 5.64. The summed E-state index contributed by atoms with van der Waals surface area (Å²) < 4.78 is 21.8. The monoisotopic (exact) mass is 495 g/mol. The van der Waals surface area contributed by atoms with Gasteiger partial charge in [0.2, 0.25) is 11.7 Å². The van der Waals surface area contributed by atoms with Crippen molar-refractivity contribution in [1.82, 2.24) is 10.1 Å². The Hall–Kier alpha value is -3.27. The highest BCUT2D eigenvalue weighted by molar-refractivity contribution is 8.14. The molecule has 3 aromatic rings. The molecule has 0 saturated carbocycles. The highest BCUT2D eigenvalue weighted by atomic mass is 32.2. The summed E-state index contributed by atoms with van der Waals surface area (Å²) in [4.78, 5) is 12.7. The lowest BCUT2D eigenvalue weighted by Gasteiger charge is -2.12. The van der Waals surface area contributed by atoms with Gasteiger partial charge in [-0.1, -0.05) is 29.6 Å². The number of aryl methyl sites for hydroxylation is 1. The number of benzene rings is 2. The van der Waals surface area contributed by atoms with E-state index < -0.39 is 0 Å². The molecule has 0 aliphatic rings. The lowest BCUT2D eigenvalue weighted by Crippen LogP contribution is -2.80. The van der Waals surface area contributed by atoms with Crippen LogP contribution in [-0.2, 0) is 16.1 Å². The largest absolute Gasteiger partial charge is 0.490 e. The van der Waals surface area contributed by atoms with Crippen LogP contribution in [0.3, 0.4) is 0 Å². The molecular formula is C26H31N4O4S+. The van der Waals surface area contributed by atoms with E-state index in [-0.39, 0.29) is 6.23 Å². The molecule has 1 N–H and O–H groups in total. The summed E-state index contributed by atoms with van der Waals surface area (Å²) in [5.74, 6) is 1.78. The summed E-state index contributed by atoms with van der Waals surface area (Å²) >= 11 is 1.56. The van der Waals surface area contributed by atoms with Crippen molar-refractivity contribution >= 4 is 28.2 Å². The van der Waals surface area contributed by atoms with Gasteiger partial charge in [0.25, 0.3) is 11.3 Å². The molecule has 0 bridgehead atoms. The van der Waals surface area contributed by atoms with Gasteiger partial charge in [0.15, 0.2) is 0 Å². The highest BCUT2D eigenvalue weighted by Crippen LogP contribution is 2.24. The van der Waals surface area contributed by atoms with Crippen LogP contribution in [0.4, 0.5) is 5.69 Å². The second-order valence-corrected chi connectivity index (χ2v) is 8.41. The Bertz CT molecular complexity index is 1190. The number of methoxy groups -OCH3 is 2. The Balaban J connectivity index is 2.10. The number of thioether (sulfide) groups is 1.